The largest absolute Gasteiger partial charge is 0.352 e. The first kappa shape index (κ1) is 18.3. The van der Waals surface area contributed by atoms with Crippen LogP contribution >= 0.6 is 24.0 Å². The van der Waals surface area contributed by atoms with Gasteiger partial charge in [0, 0.05) is 26.2 Å². The van der Waals surface area contributed by atoms with E-state index in [9.17, 15) is 8.78 Å². The summed E-state index contributed by atoms with van der Waals surface area (Å²) in [6.07, 6.45) is 1.45. The molecule has 0 atom stereocenters. The Morgan fingerprint density at radius 1 is 1.27 bits per heavy atom. The highest BCUT2D eigenvalue weighted by Gasteiger charge is 2.06. The third-order valence-electron chi connectivity index (χ3n) is 2.90. The molecule has 9 heteroatoms. The first-order valence-corrected chi connectivity index (χ1v) is 6.31. The molecular weight excluding hydrogens is 405 g/mol. The summed E-state index contributed by atoms with van der Waals surface area (Å²) in [5.41, 5.74) is 0.233. The number of rotatable bonds is 4. The summed E-state index contributed by atoms with van der Waals surface area (Å²) >= 11 is 0. The van der Waals surface area contributed by atoms with Crippen LogP contribution in [0.25, 0.3) is 0 Å². The number of benzene rings is 1. The van der Waals surface area contributed by atoms with Gasteiger partial charge in [0.25, 0.3) is 0 Å². The van der Waals surface area contributed by atoms with Crippen molar-refractivity contribution in [1.82, 2.24) is 25.4 Å². The summed E-state index contributed by atoms with van der Waals surface area (Å²) in [6, 6.07) is 3.33. The van der Waals surface area contributed by atoms with Gasteiger partial charge in [-0.25, -0.2) is 13.8 Å². The second-order valence-corrected chi connectivity index (χ2v) is 4.31. The monoisotopic (exact) mass is 422 g/mol. The average Bonchev–Trinajstić information content (AvgIpc) is 2.88. The predicted octanol–water partition coefficient (Wildman–Crippen LogP) is 1.58. The molecule has 0 amide bonds. The number of aromatic nitrogens is 3. The first-order valence-electron chi connectivity index (χ1n) is 6.31. The van der Waals surface area contributed by atoms with Crippen molar-refractivity contribution in [2.45, 2.75) is 13.1 Å². The van der Waals surface area contributed by atoms with E-state index in [1.807, 2.05) is 0 Å². The van der Waals surface area contributed by atoms with Gasteiger partial charge in [0.05, 0.1) is 6.54 Å². The highest BCUT2D eigenvalue weighted by atomic mass is 127. The second-order valence-electron chi connectivity index (χ2n) is 4.31. The van der Waals surface area contributed by atoms with Gasteiger partial charge in [-0.1, -0.05) is 0 Å². The number of aryl methyl sites for hydroxylation is 1. The Kier molecular flexibility index (Phi) is 7.15. The minimum absolute atomic E-state index is 0. The van der Waals surface area contributed by atoms with Crippen molar-refractivity contribution in [2.24, 2.45) is 12.0 Å². The lowest BCUT2D eigenvalue weighted by Crippen LogP contribution is -2.37. The van der Waals surface area contributed by atoms with Crippen molar-refractivity contribution in [1.29, 1.82) is 0 Å². The molecule has 2 N–H and O–H groups in total. The molecule has 0 saturated heterocycles. The van der Waals surface area contributed by atoms with E-state index in [4.69, 9.17) is 0 Å². The van der Waals surface area contributed by atoms with Gasteiger partial charge < -0.3 is 10.6 Å². The van der Waals surface area contributed by atoms with Crippen molar-refractivity contribution in [2.75, 3.05) is 7.05 Å². The molecule has 0 bridgehead atoms. The Morgan fingerprint density at radius 2 is 2.00 bits per heavy atom. The number of nitrogens with one attached hydrogen (secondary N) is 2. The molecule has 120 valence electrons. The summed E-state index contributed by atoms with van der Waals surface area (Å²) < 4.78 is 28.2. The van der Waals surface area contributed by atoms with Crippen LogP contribution in [0, 0.1) is 11.6 Å². The van der Waals surface area contributed by atoms with Gasteiger partial charge in [-0.3, -0.25) is 9.67 Å². The molecule has 2 rings (SSSR count). The van der Waals surface area contributed by atoms with Crippen LogP contribution in [0.2, 0.25) is 0 Å². The van der Waals surface area contributed by atoms with Crippen molar-refractivity contribution in [3.05, 3.63) is 47.5 Å². The Balaban J connectivity index is 0.00000242. The van der Waals surface area contributed by atoms with E-state index < -0.39 is 11.6 Å². The molecule has 0 unspecified atom stereocenters. The fraction of sp³-hybridized carbons (Fsp3) is 0.308. The fourth-order valence-electron chi connectivity index (χ4n) is 1.72. The fourth-order valence-corrected chi connectivity index (χ4v) is 1.72. The molecule has 1 aromatic heterocycles. The van der Waals surface area contributed by atoms with E-state index >= 15 is 0 Å². The van der Waals surface area contributed by atoms with E-state index in [1.54, 1.807) is 18.8 Å². The smallest absolute Gasteiger partial charge is 0.191 e. The summed E-state index contributed by atoms with van der Waals surface area (Å²) in [5, 5.41) is 9.88. The maximum Gasteiger partial charge on any atom is 0.191 e. The molecule has 0 saturated carbocycles. The third kappa shape index (κ3) is 4.90. The van der Waals surface area contributed by atoms with E-state index in [0.29, 0.717) is 12.5 Å². The average molecular weight is 422 g/mol. The van der Waals surface area contributed by atoms with Crippen LogP contribution in [0.4, 0.5) is 8.78 Å². The van der Waals surface area contributed by atoms with Crippen LogP contribution in [0.5, 0.6) is 0 Å². The molecule has 0 aliphatic rings. The lowest BCUT2D eigenvalue weighted by atomic mass is 10.2. The van der Waals surface area contributed by atoms with Crippen LogP contribution in [-0.2, 0) is 20.1 Å². The maximum absolute atomic E-state index is 13.5. The Labute approximate surface area is 144 Å². The standard InChI is InChI=1S/C13H16F2N6.HI/c1-16-13(18-7-12-19-8-20-21(12)2)17-6-9-5-10(14)3-4-11(9)15;/h3-5,8H,6-7H2,1-2H3,(H2,16,17,18);1H. The molecule has 0 aliphatic heterocycles. The number of hydrogen-bond donors (Lipinski definition) is 2. The molecule has 0 fully saturated rings. The summed E-state index contributed by atoms with van der Waals surface area (Å²) in [7, 11) is 3.37. The normalized spacial score (nSPS) is 11.0. The number of aliphatic imine (C=N–C) groups is 1. The zero-order valence-corrected chi connectivity index (χ0v) is 14.5. The predicted molar refractivity (Wildman–Crippen MR) is 89.8 cm³/mol. The zero-order chi connectivity index (χ0) is 15.2. The SMILES string of the molecule is CN=C(NCc1cc(F)ccc1F)NCc1ncnn1C.I. The zero-order valence-electron chi connectivity index (χ0n) is 12.2. The van der Waals surface area contributed by atoms with Crippen molar-refractivity contribution >= 4 is 29.9 Å². The number of halogens is 3. The minimum atomic E-state index is -0.477. The lowest BCUT2D eigenvalue weighted by molar-refractivity contribution is 0.580. The molecule has 0 spiro atoms. The van der Waals surface area contributed by atoms with Gasteiger partial charge in [0.1, 0.15) is 23.8 Å². The van der Waals surface area contributed by atoms with E-state index in [0.717, 1.165) is 24.0 Å². The second kappa shape index (κ2) is 8.61. The first-order chi connectivity index (χ1) is 10.1. The molecule has 1 heterocycles. The summed E-state index contributed by atoms with van der Waals surface area (Å²) in [4.78, 5) is 8.07. The van der Waals surface area contributed by atoms with E-state index in [2.05, 4.69) is 25.7 Å². The topological polar surface area (TPSA) is 67.1 Å². The van der Waals surface area contributed by atoms with Crippen LogP contribution in [0.1, 0.15) is 11.4 Å². The van der Waals surface area contributed by atoms with Crippen LogP contribution < -0.4 is 10.6 Å². The van der Waals surface area contributed by atoms with Crippen molar-refractivity contribution in [3.63, 3.8) is 0 Å². The molecular formula is C13H17F2IN6. The van der Waals surface area contributed by atoms with Gasteiger partial charge >= 0.3 is 0 Å². The molecule has 0 radical (unpaired) electrons. The van der Waals surface area contributed by atoms with Gasteiger partial charge in [-0.2, -0.15) is 5.10 Å². The van der Waals surface area contributed by atoms with E-state index in [-0.39, 0.29) is 36.1 Å². The quantitative estimate of drug-likeness (QED) is 0.446. The molecule has 6 nitrogen and oxygen atoms in total. The van der Waals surface area contributed by atoms with Crippen molar-refractivity contribution < 1.29 is 8.78 Å². The van der Waals surface area contributed by atoms with Crippen molar-refractivity contribution in [3.8, 4) is 0 Å². The summed E-state index contributed by atoms with van der Waals surface area (Å²) in [5.74, 6) is 0.249. The maximum atomic E-state index is 13.5. The summed E-state index contributed by atoms with van der Waals surface area (Å²) in [6.45, 7) is 0.546. The van der Waals surface area contributed by atoms with Gasteiger partial charge in [-0.05, 0) is 18.2 Å². The van der Waals surface area contributed by atoms with Gasteiger partial charge in [0.2, 0.25) is 0 Å². The highest BCUT2D eigenvalue weighted by Crippen LogP contribution is 2.09. The molecule has 2 aromatic rings. The molecule has 1 aromatic carbocycles. The molecule has 0 aliphatic carbocycles. The number of hydrogen-bond acceptors (Lipinski definition) is 3. The van der Waals surface area contributed by atoms with Crippen LogP contribution in [-0.4, -0.2) is 27.8 Å². The van der Waals surface area contributed by atoms with Gasteiger partial charge in [0.15, 0.2) is 5.96 Å². The minimum Gasteiger partial charge on any atom is -0.352 e. The van der Waals surface area contributed by atoms with Crippen LogP contribution in [0.3, 0.4) is 0 Å². The van der Waals surface area contributed by atoms with Gasteiger partial charge in [-0.15, -0.1) is 24.0 Å². The van der Waals surface area contributed by atoms with E-state index in [1.165, 1.54) is 6.33 Å². The Hall–Kier alpha value is -1.78. The molecule has 22 heavy (non-hydrogen) atoms. The highest BCUT2D eigenvalue weighted by molar-refractivity contribution is 14.0. The lowest BCUT2D eigenvalue weighted by Gasteiger charge is -2.12. The third-order valence-corrected chi connectivity index (χ3v) is 2.90. The Morgan fingerprint density at radius 3 is 2.64 bits per heavy atom. The van der Waals surface area contributed by atoms with Crippen LogP contribution in [0.15, 0.2) is 29.5 Å². The number of nitrogens with zero attached hydrogens (tertiary/aromatic N) is 4. The number of guanidine groups is 1. The Bertz CT molecular complexity index is 643.